The van der Waals surface area contributed by atoms with Gasteiger partial charge in [0.25, 0.3) is 0 Å². The Bertz CT molecular complexity index is 330. The molecule has 1 amide bonds. The van der Waals surface area contributed by atoms with Crippen LogP contribution in [0.1, 0.15) is 53.4 Å². The molecular weight excluding hydrogens is 234 g/mol. The Morgan fingerprint density at radius 2 is 2.11 bits per heavy atom. The molecule has 108 valence electrons. The molecule has 1 aliphatic rings. The van der Waals surface area contributed by atoms with Gasteiger partial charge in [0.2, 0.25) is 5.91 Å². The Morgan fingerprint density at radius 3 is 2.63 bits per heavy atom. The summed E-state index contributed by atoms with van der Waals surface area (Å²) in [5.74, 6) is 1.08. The summed E-state index contributed by atoms with van der Waals surface area (Å²) in [5.41, 5.74) is 0. The topological polar surface area (TPSA) is 20.3 Å². The molecule has 0 radical (unpaired) electrons. The summed E-state index contributed by atoms with van der Waals surface area (Å²) >= 11 is 0. The van der Waals surface area contributed by atoms with E-state index in [0.29, 0.717) is 5.92 Å². The van der Waals surface area contributed by atoms with Crippen molar-refractivity contribution in [2.75, 3.05) is 6.54 Å². The molecule has 0 fully saturated rings. The minimum Gasteiger partial charge on any atom is -0.336 e. The first-order chi connectivity index (χ1) is 9.06. The molecule has 1 rings (SSSR count). The first-order valence-corrected chi connectivity index (χ1v) is 7.68. The van der Waals surface area contributed by atoms with Crippen LogP contribution in [-0.4, -0.2) is 23.4 Å². The van der Waals surface area contributed by atoms with Gasteiger partial charge in [0.05, 0.1) is 0 Å². The highest BCUT2D eigenvalue weighted by atomic mass is 16.2. The molecule has 0 aliphatic heterocycles. The van der Waals surface area contributed by atoms with Crippen LogP contribution in [0, 0.1) is 11.8 Å². The molecular formula is C17H29NO. The van der Waals surface area contributed by atoms with E-state index in [1.807, 2.05) is 11.8 Å². The van der Waals surface area contributed by atoms with E-state index >= 15 is 0 Å². The van der Waals surface area contributed by atoms with Crippen molar-refractivity contribution >= 4 is 5.91 Å². The van der Waals surface area contributed by atoms with Crippen LogP contribution in [0.3, 0.4) is 0 Å². The second-order valence-electron chi connectivity index (χ2n) is 5.87. The lowest BCUT2D eigenvalue weighted by atomic mass is 9.94. The Hall–Kier alpha value is -1.05. The normalized spacial score (nSPS) is 21.0. The quantitative estimate of drug-likeness (QED) is 0.658. The van der Waals surface area contributed by atoms with Crippen molar-refractivity contribution in [1.82, 2.24) is 4.90 Å². The molecule has 0 bridgehead atoms. The standard InChI is InChI=1S/C17H29NO/c1-5-15(4)17(19)18(14(2)3)13-9-12-16-10-7-6-8-11-16/h6-7,9,12,14-16H,5,8,10-11,13H2,1-4H3/b12-9-. The van der Waals surface area contributed by atoms with E-state index in [2.05, 4.69) is 45.1 Å². The fraction of sp³-hybridized carbons (Fsp3) is 0.706. The Kier molecular flexibility index (Phi) is 6.90. The molecule has 0 aromatic carbocycles. The third kappa shape index (κ3) is 5.22. The molecule has 0 N–H and O–H groups in total. The highest BCUT2D eigenvalue weighted by Gasteiger charge is 2.20. The second kappa shape index (κ2) is 8.19. The van der Waals surface area contributed by atoms with Gasteiger partial charge >= 0.3 is 0 Å². The zero-order chi connectivity index (χ0) is 14.3. The number of hydrogen-bond acceptors (Lipinski definition) is 1. The number of amides is 1. The van der Waals surface area contributed by atoms with Gasteiger partial charge in [0.1, 0.15) is 0 Å². The highest BCUT2D eigenvalue weighted by Crippen LogP contribution is 2.19. The summed E-state index contributed by atoms with van der Waals surface area (Å²) < 4.78 is 0. The van der Waals surface area contributed by atoms with Crippen LogP contribution in [0.25, 0.3) is 0 Å². The molecule has 2 atom stereocenters. The lowest BCUT2D eigenvalue weighted by Gasteiger charge is -2.28. The maximum Gasteiger partial charge on any atom is 0.225 e. The van der Waals surface area contributed by atoms with Crippen LogP contribution in [0.4, 0.5) is 0 Å². The lowest BCUT2D eigenvalue weighted by Crippen LogP contribution is -2.40. The molecule has 0 aromatic heterocycles. The number of allylic oxidation sites excluding steroid dienone is 3. The highest BCUT2D eigenvalue weighted by molar-refractivity contribution is 5.78. The van der Waals surface area contributed by atoms with E-state index in [4.69, 9.17) is 0 Å². The van der Waals surface area contributed by atoms with Crippen molar-refractivity contribution in [3.8, 4) is 0 Å². The first kappa shape index (κ1) is 16.0. The van der Waals surface area contributed by atoms with Gasteiger partial charge in [0, 0.05) is 18.5 Å². The van der Waals surface area contributed by atoms with Crippen molar-refractivity contribution in [3.05, 3.63) is 24.3 Å². The largest absolute Gasteiger partial charge is 0.336 e. The Balaban J connectivity index is 2.51. The summed E-state index contributed by atoms with van der Waals surface area (Å²) in [4.78, 5) is 14.3. The molecule has 0 heterocycles. The van der Waals surface area contributed by atoms with E-state index in [0.717, 1.165) is 19.4 Å². The maximum absolute atomic E-state index is 12.3. The summed E-state index contributed by atoms with van der Waals surface area (Å²) in [7, 11) is 0. The smallest absolute Gasteiger partial charge is 0.225 e. The van der Waals surface area contributed by atoms with E-state index in [1.165, 1.54) is 12.8 Å². The van der Waals surface area contributed by atoms with Crippen LogP contribution >= 0.6 is 0 Å². The second-order valence-corrected chi connectivity index (χ2v) is 5.87. The molecule has 0 saturated heterocycles. The number of hydrogen-bond donors (Lipinski definition) is 0. The Morgan fingerprint density at radius 1 is 1.37 bits per heavy atom. The molecule has 0 saturated carbocycles. The third-order valence-corrected chi connectivity index (χ3v) is 3.96. The predicted molar refractivity (Wildman–Crippen MR) is 81.9 cm³/mol. The average molecular weight is 263 g/mol. The first-order valence-electron chi connectivity index (χ1n) is 7.68. The third-order valence-electron chi connectivity index (χ3n) is 3.96. The molecule has 19 heavy (non-hydrogen) atoms. The van der Waals surface area contributed by atoms with Gasteiger partial charge in [-0.25, -0.2) is 0 Å². The van der Waals surface area contributed by atoms with Crippen molar-refractivity contribution in [2.45, 2.75) is 59.4 Å². The molecule has 2 nitrogen and oxygen atoms in total. The summed E-state index contributed by atoms with van der Waals surface area (Å²) in [6.45, 7) is 9.04. The fourth-order valence-corrected chi connectivity index (χ4v) is 2.37. The van der Waals surface area contributed by atoms with E-state index in [-0.39, 0.29) is 17.9 Å². The molecule has 2 unspecified atom stereocenters. The van der Waals surface area contributed by atoms with Gasteiger partial charge in [-0.3, -0.25) is 4.79 Å². The van der Waals surface area contributed by atoms with Crippen molar-refractivity contribution in [1.29, 1.82) is 0 Å². The van der Waals surface area contributed by atoms with E-state index in [9.17, 15) is 4.79 Å². The number of carbonyl (C=O) groups excluding carboxylic acids is 1. The summed E-state index contributed by atoms with van der Waals surface area (Å²) in [6.07, 6.45) is 13.5. The van der Waals surface area contributed by atoms with Crippen LogP contribution in [-0.2, 0) is 4.79 Å². The van der Waals surface area contributed by atoms with Crippen molar-refractivity contribution in [2.24, 2.45) is 11.8 Å². The van der Waals surface area contributed by atoms with Gasteiger partial charge in [-0.1, -0.05) is 38.2 Å². The molecule has 0 spiro atoms. The van der Waals surface area contributed by atoms with Crippen LogP contribution in [0.15, 0.2) is 24.3 Å². The lowest BCUT2D eigenvalue weighted by molar-refractivity contribution is -0.136. The van der Waals surface area contributed by atoms with Gasteiger partial charge in [-0.15, -0.1) is 0 Å². The van der Waals surface area contributed by atoms with E-state index < -0.39 is 0 Å². The minimum atomic E-state index is 0.133. The van der Waals surface area contributed by atoms with Gasteiger partial charge in [-0.2, -0.15) is 0 Å². The summed E-state index contributed by atoms with van der Waals surface area (Å²) in [6, 6.07) is 0.275. The predicted octanol–water partition coefficient (Wildman–Crippen LogP) is 4.18. The SMILES string of the molecule is CCC(C)C(=O)N(C/C=C\C1CC=CCC1)C(C)C. The molecule has 1 aliphatic carbocycles. The fourth-order valence-electron chi connectivity index (χ4n) is 2.37. The van der Waals surface area contributed by atoms with Crippen LogP contribution in [0.2, 0.25) is 0 Å². The van der Waals surface area contributed by atoms with E-state index in [1.54, 1.807) is 0 Å². The van der Waals surface area contributed by atoms with Crippen molar-refractivity contribution < 1.29 is 4.79 Å². The molecule has 2 heteroatoms. The zero-order valence-corrected chi connectivity index (χ0v) is 12.9. The number of rotatable bonds is 6. The minimum absolute atomic E-state index is 0.133. The summed E-state index contributed by atoms with van der Waals surface area (Å²) in [5, 5.41) is 0. The van der Waals surface area contributed by atoms with Crippen LogP contribution < -0.4 is 0 Å². The van der Waals surface area contributed by atoms with Crippen molar-refractivity contribution in [3.63, 3.8) is 0 Å². The molecule has 0 aromatic rings. The Labute approximate surface area is 118 Å². The number of carbonyl (C=O) groups is 1. The average Bonchev–Trinajstić information content (AvgIpc) is 2.42. The monoisotopic (exact) mass is 263 g/mol. The van der Waals surface area contributed by atoms with Gasteiger partial charge < -0.3 is 4.90 Å². The van der Waals surface area contributed by atoms with Crippen LogP contribution in [0.5, 0.6) is 0 Å². The van der Waals surface area contributed by atoms with Gasteiger partial charge in [0.15, 0.2) is 0 Å². The maximum atomic E-state index is 12.3. The zero-order valence-electron chi connectivity index (χ0n) is 12.9. The number of nitrogens with zero attached hydrogens (tertiary/aromatic N) is 1. The van der Waals surface area contributed by atoms with Gasteiger partial charge in [-0.05, 0) is 45.4 Å².